The average Bonchev–Trinajstić information content (AvgIpc) is 2.45. The van der Waals surface area contributed by atoms with Gasteiger partial charge < -0.3 is 9.72 Å². The average molecular weight is 310 g/mol. The van der Waals surface area contributed by atoms with Crippen LogP contribution in [0.5, 0.6) is 0 Å². The Morgan fingerprint density at radius 3 is 2.52 bits per heavy atom. The van der Waals surface area contributed by atoms with Crippen LogP contribution in [0, 0.1) is 13.8 Å². The van der Waals surface area contributed by atoms with E-state index in [-0.39, 0.29) is 11.7 Å². The minimum Gasteiger partial charge on any atom is -0.459 e. The number of aryl methyl sites for hydroxylation is 2. The molecule has 0 saturated heterocycles. The van der Waals surface area contributed by atoms with Crippen LogP contribution in [-0.4, -0.2) is 22.0 Å². The fourth-order valence-electron chi connectivity index (χ4n) is 2.92. The van der Waals surface area contributed by atoms with Gasteiger partial charge in [-0.2, -0.15) is 0 Å². The van der Waals surface area contributed by atoms with Crippen LogP contribution in [0.4, 0.5) is 0 Å². The molecule has 0 saturated carbocycles. The van der Waals surface area contributed by atoms with Gasteiger partial charge in [-0.25, -0.2) is 4.79 Å². The summed E-state index contributed by atoms with van der Waals surface area (Å²) in [6.45, 7) is 7.13. The number of pyridine rings is 2. The van der Waals surface area contributed by atoms with E-state index < -0.39 is 5.97 Å². The molecule has 2 aromatic heterocycles. The van der Waals surface area contributed by atoms with Crippen molar-refractivity contribution in [3.05, 3.63) is 51.6 Å². The molecule has 3 aromatic rings. The molecule has 5 heteroatoms. The van der Waals surface area contributed by atoms with Crippen LogP contribution in [0.3, 0.4) is 0 Å². The van der Waals surface area contributed by atoms with E-state index in [0.717, 1.165) is 5.39 Å². The van der Waals surface area contributed by atoms with Crippen LogP contribution in [-0.2, 0) is 4.74 Å². The maximum absolute atomic E-state index is 12.6. The Morgan fingerprint density at radius 2 is 1.83 bits per heavy atom. The van der Waals surface area contributed by atoms with E-state index in [0.29, 0.717) is 33.2 Å². The summed E-state index contributed by atoms with van der Waals surface area (Å²) in [4.78, 5) is 32.3. The number of para-hydroxylation sites is 1. The van der Waals surface area contributed by atoms with Crippen LogP contribution < -0.4 is 5.56 Å². The third kappa shape index (κ3) is 2.48. The number of H-pyrrole nitrogens is 1. The Kier molecular flexibility index (Phi) is 3.64. The highest BCUT2D eigenvalue weighted by molar-refractivity contribution is 6.16. The third-order valence-electron chi connectivity index (χ3n) is 3.78. The van der Waals surface area contributed by atoms with E-state index in [9.17, 15) is 9.59 Å². The molecule has 0 amide bonds. The highest BCUT2D eigenvalue weighted by Gasteiger charge is 2.22. The maximum Gasteiger partial charge on any atom is 0.340 e. The number of nitrogens with one attached hydrogen (secondary N) is 1. The maximum atomic E-state index is 12.6. The number of hydrogen-bond donors (Lipinski definition) is 1. The Morgan fingerprint density at radius 1 is 1.13 bits per heavy atom. The molecule has 23 heavy (non-hydrogen) atoms. The standard InChI is InChI=1S/C18H18N2O3/c1-9(2)23-18(22)15-11(4)19-10(3)14-16(15)12-7-5-6-8-13(12)20-17(14)21/h5-9H,1-4H3,(H,20,21). The molecule has 1 aromatic carbocycles. The molecule has 5 nitrogen and oxygen atoms in total. The van der Waals surface area contributed by atoms with E-state index in [1.54, 1.807) is 27.7 Å². The summed E-state index contributed by atoms with van der Waals surface area (Å²) in [6.07, 6.45) is -0.244. The summed E-state index contributed by atoms with van der Waals surface area (Å²) in [6, 6.07) is 7.43. The van der Waals surface area contributed by atoms with Gasteiger partial charge in [-0.1, -0.05) is 18.2 Å². The minimum absolute atomic E-state index is 0.244. The first-order chi connectivity index (χ1) is 10.9. The van der Waals surface area contributed by atoms with Gasteiger partial charge in [0.2, 0.25) is 0 Å². The zero-order valence-electron chi connectivity index (χ0n) is 13.6. The predicted molar refractivity (Wildman–Crippen MR) is 89.9 cm³/mol. The lowest BCUT2D eigenvalue weighted by molar-refractivity contribution is 0.0379. The normalized spacial score (nSPS) is 11.3. The Hall–Kier alpha value is -2.69. The van der Waals surface area contributed by atoms with Gasteiger partial charge in [-0.3, -0.25) is 9.78 Å². The number of aromatic nitrogens is 2. The molecule has 118 valence electrons. The summed E-state index contributed by atoms with van der Waals surface area (Å²) in [7, 11) is 0. The van der Waals surface area contributed by atoms with Gasteiger partial charge in [0.25, 0.3) is 5.56 Å². The lowest BCUT2D eigenvalue weighted by Crippen LogP contribution is -2.17. The Bertz CT molecular complexity index is 987. The van der Waals surface area contributed by atoms with Gasteiger partial charge in [0.15, 0.2) is 0 Å². The second-order valence-electron chi connectivity index (χ2n) is 5.86. The van der Waals surface area contributed by atoms with Crippen molar-refractivity contribution in [2.24, 2.45) is 0 Å². The first kappa shape index (κ1) is 15.2. The second-order valence-corrected chi connectivity index (χ2v) is 5.86. The number of carbonyl (C=O) groups is 1. The molecule has 0 unspecified atom stereocenters. The van der Waals surface area contributed by atoms with Crippen molar-refractivity contribution in [2.75, 3.05) is 0 Å². The number of rotatable bonds is 2. The topological polar surface area (TPSA) is 72.0 Å². The number of carbonyl (C=O) groups excluding carboxylic acids is 1. The van der Waals surface area contributed by atoms with E-state index in [4.69, 9.17) is 4.74 Å². The third-order valence-corrected chi connectivity index (χ3v) is 3.78. The van der Waals surface area contributed by atoms with Crippen molar-refractivity contribution in [3.8, 4) is 0 Å². The van der Waals surface area contributed by atoms with E-state index in [1.165, 1.54) is 0 Å². The summed E-state index contributed by atoms with van der Waals surface area (Å²) >= 11 is 0. The fourth-order valence-corrected chi connectivity index (χ4v) is 2.92. The molecule has 2 heterocycles. The van der Waals surface area contributed by atoms with Crippen molar-refractivity contribution >= 4 is 27.6 Å². The van der Waals surface area contributed by atoms with Gasteiger partial charge in [-0.15, -0.1) is 0 Å². The molecule has 0 aliphatic heterocycles. The molecular weight excluding hydrogens is 292 g/mol. The smallest absolute Gasteiger partial charge is 0.340 e. The number of hydrogen-bond acceptors (Lipinski definition) is 4. The molecule has 0 radical (unpaired) electrons. The van der Waals surface area contributed by atoms with Crippen LogP contribution in [0.15, 0.2) is 29.1 Å². The highest BCUT2D eigenvalue weighted by Crippen LogP contribution is 2.28. The monoisotopic (exact) mass is 310 g/mol. The van der Waals surface area contributed by atoms with Gasteiger partial charge >= 0.3 is 5.97 Å². The second kappa shape index (κ2) is 5.50. The summed E-state index contributed by atoms with van der Waals surface area (Å²) in [5.41, 5.74) is 1.97. The van der Waals surface area contributed by atoms with Crippen LogP contribution in [0.1, 0.15) is 35.6 Å². The molecule has 0 fully saturated rings. The zero-order chi connectivity index (χ0) is 16.7. The minimum atomic E-state index is -0.453. The summed E-state index contributed by atoms with van der Waals surface area (Å²) in [5.74, 6) is -0.453. The van der Waals surface area contributed by atoms with Gasteiger partial charge in [0.1, 0.15) is 0 Å². The van der Waals surface area contributed by atoms with Crippen LogP contribution in [0.2, 0.25) is 0 Å². The van der Waals surface area contributed by atoms with Gasteiger partial charge in [-0.05, 0) is 33.8 Å². The fraction of sp³-hybridized carbons (Fsp3) is 0.278. The van der Waals surface area contributed by atoms with E-state index in [1.807, 2.05) is 24.3 Å². The molecule has 1 N–H and O–H groups in total. The largest absolute Gasteiger partial charge is 0.459 e. The Balaban J connectivity index is 2.53. The number of esters is 1. The van der Waals surface area contributed by atoms with E-state index in [2.05, 4.69) is 9.97 Å². The quantitative estimate of drug-likeness (QED) is 0.582. The van der Waals surface area contributed by atoms with Crippen molar-refractivity contribution in [1.29, 1.82) is 0 Å². The van der Waals surface area contributed by atoms with Crippen LogP contribution >= 0.6 is 0 Å². The first-order valence-corrected chi connectivity index (χ1v) is 7.53. The van der Waals surface area contributed by atoms with Crippen molar-refractivity contribution in [2.45, 2.75) is 33.8 Å². The number of fused-ring (bicyclic) bond motifs is 3. The first-order valence-electron chi connectivity index (χ1n) is 7.53. The SMILES string of the molecule is Cc1nc(C)c2c(=O)[nH]c3ccccc3c2c1C(=O)OC(C)C. The lowest BCUT2D eigenvalue weighted by Gasteiger charge is -2.14. The highest BCUT2D eigenvalue weighted by atomic mass is 16.5. The number of aromatic amines is 1. The van der Waals surface area contributed by atoms with E-state index >= 15 is 0 Å². The molecule has 0 atom stereocenters. The van der Waals surface area contributed by atoms with Crippen molar-refractivity contribution in [3.63, 3.8) is 0 Å². The molecule has 0 bridgehead atoms. The van der Waals surface area contributed by atoms with Crippen LogP contribution in [0.25, 0.3) is 21.7 Å². The zero-order valence-corrected chi connectivity index (χ0v) is 13.6. The molecule has 0 aliphatic rings. The number of nitrogens with zero attached hydrogens (tertiary/aromatic N) is 1. The number of benzene rings is 1. The lowest BCUT2D eigenvalue weighted by atomic mass is 9.99. The molecule has 0 spiro atoms. The summed E-state index contributed by atoms with van der Waals surface area (Å²) in [5, 5.41) is 1.86. The van der Waals surface area contributed by atoms with Gasteiger partial charge in [0, 0.05) is 16.3 Å². The molecule has 0 aliphatic carbocycles. The van der Waals surface area contributed by atoms with Gasteiger partial charge in [0.05, 0.1) is 28.4 Å². The molecular formula is C18H18N2O3. The summed E-state index contributed by atoms with van der Waals surface area (Å²) < 4.78 is 5.36. The van der Waals surface area contributed by atoms with Crippen molar-refractivity contribution in [1.82, 2.24) is 9.97 Å². The van der Waals surface area contributed by atoms with Crippen molar-refractivity contribution < 1.29 is 9.53 Å². The molecule has 3 rings (SSSR count). The number of ether oxygens (including phenoxy) is 1. The predicted octanol–water partition coefficient (Wildman–Crippen LogP) is 3.26. The Labute approximate surface area is 133 Å².